The molecule has 4 rings (SSSR count). The van der Waals surface area contributed by atoms with E-state index in [1.165, 1.54) is 11.6 Å². The molecule has 0 bridgehead atoms. The lowest BCUT2D eigenvalue weighted by molar-refractivity contribution is 0.285. The number of anilines is 1. The Morgan fingerprint density at radius 3 is 2.50 bits per heavy atom. The standard InChI is InChI=1S/C21H21F2N3/c22-17-7-8-18(23)21-20(17)19(9-10-24-21)26-12-4-11-25(13-14-26)15-16-5-2-1-3-6-16/h1-3,5-10H,4,11-15H2. The lowest BCUT2D eigenvalue weighted by Crippen LogP contribution is -2.30. The number of benzene rings is 2. The van der Waals surface area contributed by atoms with Gasteiger partial charge in [-0.2, -0.15) is 0 Å². The predicted molar refractivity (Wildman–Crippen MR) is 100 cm³/mol. The maximum atomic E-state index is 14.4. The third-order valence-electron chi connectivity index (χ3n) is 4.95. The summed E-state index contributed by atoms with van der Waals surface area (Å²) in [7, 11) is 0. The highest BCUT2D eigenvalue weighted by Crippen LogP contribution is 2.30. The number of hydrogen-bond acceptors (Lipinski definition) is 3. The molecule has 0 spiro atoms. The van der Waals surface area contributed by atoms with Crippen molar-refractivity contribution >= 4 is 16.6 Å². The summed E-state index contributed by atoms with van der Waals surface area (Å²) in [5, 5.41) is 0.281. The maximum absolute atomic E-state index is 14.4. The molecule has 3 nitrogen and oxygen atoms in total. The molecule has 3 aromatic rings. The fraction of sp³-hybridized carbons (Fsp3) is 0.286. The van der Waals surface area contributed by atoms with Gasteiger partial charge in [0.1, 0.15) is 17.2 Å². The van der Waals surface area contributed by atoms with E-state index in [1.54, 1.807) is 12.3 Å². The average molecular weight is 353 g/mol. The van der Waals surface area contributed by atoms with Crippen LogP contribution in [0.15, 0.2) is 54.7 Å². The van der Waals surface area contributed by atoms with Crippen molar-refractivity contribution in [3.05, 3.63) is 71.9 Å². The number of rotatable bonds is 3. The number of fused-ring (bicyclic) bond motifs is 1. The van der Waals surface area contributed by atoms with E-state index < -0.39 is 11.6 Å². The Kier molecular flexibility index (Phi) is 4.80. The normalized spacial score (nSPS) is 16.0. The van der Waals surface area contributed by atoms with Crippen molar-refractivity contribution in [1.82, 2.24) is 9.88 Å². The minimum absolute atomic E-state index is 0.105. The van der Waals surface area contributed by atoms with E-state index in [4.69, 9.17) is 0 Å². The molecule has 0 saturated carbocycles. The molecule has 1 aromatic heterocycles. The van der Waals surface area contributed by atoms with Gasteiger partial charge in [-0.15, -0.1) is 0 Å². The lowest BCUT2D eigenvalue weighted by atomic mass is 10.1. The molecule has 134 valence electrons. The number of hydrogen-bond donors (Lipinski definition) is 0. The van der Waals surface area contributed by atoms with E-state index in [0.717, 1.165) is 50.9 Å². The number of aromatic nitrogens is 1. The van der Waals surface area contributed by atoms with Gasteiger partial charge >= 0.3 is 0 Å². The highest BCUT2D eigenvalue weighted by Gasteiger charge is 2.20. The van der Waals surface area contributed by atoms with Crippen LogP contribution in [0.5, 0.6) is 0 Å². The average Bonchev–Trinajstić information content (AvgIpc) is 2.91. The number of nitrogens with zero attached hydrogens (tertiary/aromatic N) is 3. The topological polar surface area (TPSA) is 19.4 Å². The van der Waals surface area contributed by atoms with Gasteiger partial charge < -0.3 is 4.90 Å². The first kappa shape index (κ1) is 16.9. The van der Waals surface area contributed by atoms with Crippen LogP contribution in [-0.4, -0.2) is 36.1 Å². The Labute approximate surface area is 151 Å². The van der Waals surface area contributed by atoms with Crippen molar-refractivity contribution in [3.63, 3.8) is 0 Å². The predicted octanol–water partition coefficient (Wildman–Crippen LogP) is 4.23. The van der Waals surface area contributed by atoms with Gasteiger partial charge in [-0.05, 0) is 30.2 Å². The Bertz CT molecular complexity index is 898. The minimum Gasteiger partial charge on any atom is -0.370 e. The molecule has 2 aromatic carbocycles. The largest absolute Gasteiger partial charge is 0.370 e. The molecule has 0 atom stereocenters. The van der Waals surface area contributed by atoms with E-state index in [2.05, 4.69) is 39.0 Å². The molecule has 1 aliphatic heterocycles. The van der Waals surface area contributed by atoms with E-state index in [9.17, 15) is 8.78 Å². The summed E-state index contributed by atoms with van der Waals surface area (Å²) in [6.07, 6.45) is 2.54. The van der Waals surface area contributed by atoms with Crippen LogP contribution in [0.3, 0.4) is 0 Å². The van der Waals surface area contributed by atoms with Crippen molar-refractivity contribution in [2.75, 3.05) is 31.1 Å². The summed E-state index contributed by atoms with van der Waals surface area (Å²) in [4.78, 5) is 8.60. The molecule has 0 radical (unpaired) electrons. The van der Waals surface area contributed by atoms with Gasteiger partial charge in [0.2, 0.25) is 0 Å². The summed E-state index contributed by atoms with van der Waals surface area (Å²) >= 11 is 0. The van der Waals surface area contributed by atoms with Crippen molar-refractivity contribution in [2.45, 2.75) is 13.0 Å². The van der Waals surface area contributed by atoms with Crippen molar-refractivity contribution in [1.29, 1.82) is 0 Å². The first-order valence-electron chi connectivity index (χ1n) is 8.96. The Hall–Kier alpha value is -2.53. The van der Waals surface area contributed by atoms with Crippen LogP contribution in [0.2, 0.25) is 0 Å². The summed E-state index contributed by atoms with van der Waals surface area (Å²) in [5.41, 5.74) is 2.13. The number of pyridine rings is 1. The maximum Gasteiger partial charge on any atom is 0.149 e. The first-order valence-corrected chi connectivity index (χ1v) is 8.96. The molecule has 0 amide bonds. The van der Waals surface area contributed by atoms with E-state index in [1.807, 2.05) is 6.07 Å². The molecule has 1 fully saturated rings. The molecular weight excluding hydrogens is 332 g/mol. The summed E-state index contributed by atoms with van der Waals surface area (Å²) < 4.78 is 28.4. The summed E-state index contributed by atoms with van der Waals surface area (Å²) in [6, 6.07) is 14.5. The Morgan fingerprint density at radius 1 is 0.846 bits per heavy atom. The van der Waals surface area contributed by atoms with Crippen molar-refractivity contribution in [2.24, 2.45) is 0 Å². The zero-order valence-corrected chi connectivity index (χ0v) is 14.5. The monoisotopic (exact) mass is 353 g/mol. The van der Waals surface area contributed by atoms with Crippen LogP contribution in [0.25, 0.3) is 10.9 Å². The van der Waals surface area contributed by atoms with Crippen molar-refractivity contribution in [3.8, 4) is 0 Å². The van der Waals surface area contributed by atoms with Crippen LogP contribution in [0, 0.1) is 11.6 Å². The van der Waals surface area contributed by atoms with E-state index >= 15 is 0 Å². The second kappa shape index (κ2) is 7.38. The highest BCUT2D eigenvalue weighted by molar-refractivity contribution is 5.92. The van der Waals surface area contributed by atoms with Gasteiger partial charge in [-0.3, -0.25) is 9.88 Å². The van der Waals surface area contributed by atoms with Crippen LogP contribution >= 0.6 is 0 Å². The SMILES string of the molecule is Fc1ccc(F)c2c(N3CCCN(Cc4ccccc4)CC3)ccnc12. The van der Waals surface area contributed by atoms with Gasteiger partial charge in [0.25, 0.3) is 0 Å². The van der Waals surface area contributed by atoms with Crippen LogP contribution in [-0.2, 0) is 6.54 Å². The zero-order valence-electron chi connectivity index (χ0n) is 14.5. The fourth-order valence-corrected chi connectivity index (χ4v) is 3.65. The van der Waals surface area contributed by atoms with Crippen LogP contribution in [0.4, 0.5) is 14.5 Å². The second-order valence-corrected chi connectivity index (χ2v) is 6.69. The molecule has 1 saturated heterocycles. The first-order chi connectivity index (χ1) is 12.7. The van der Waals surface area contributed by atoms with Gasteiger partial charge in [-0.1, -0.05) is 30.3 Å². The Morgan fingerprint density at radius 2 is 1.65 bits per heavy atom. The quantitative estimate of drug-likeness (QED) is 0.703. The fourth-order valence-electron chi connectivity index (χ4n) is 3.65. The molecule has 0 aliphatic carbocycles. The third-order valence-corrected chi connectivity index (χ3v) is 4.95. The Balaban J connectivity index is 1.56. The van der Waals surface area contributed by atoms with Gasteiger partial charge in [-0.25, -0.2) is 8.78 Å². The summed E-state index contributed by atoms with van der Waals surface area (Å²) in [6.45, 7) is 4.39. The van der Waals surface area contributed by atoms with E-state index in [0.29, 0.717) is 0 Å². The smallest absolute Gasteiger partial charge is 0.149 e. The third kappa shape index (κ3) is 3.40. The molecule has 5 heteroatoms. The number of halogens is 2. The van der Waals surface area contributed by atoms with Gasteiger partial charge in [0, 0.05) is 38.9 Å². The van der Waals surface area contributed by atoms with Crippen molar-refractivity contribution < 1.29 is 8.78 Å². The summed E-state index contributed by atoms with van der Waals surface area (Å²) in [5.74, 6) is -0.904. The van der Waals surface area contributed by atoms with Gasteiger partial charge in [0.05, 0.1) is 11.1 Å². The second-order valence-electron chi connectivity index (χ2n) is 6.69. The molecule has 0 unspecified atom stereocenters. The zero-order chi connectivity index (χ0) is 17.9. The highest BCUT2D eigenvalue weighted by atomic mass is 19.1. The van der Waals surface area contributed by atoms with Crippen LogP contribution < -0.4 is 4.90 Å². The minimum atomic E-state index is -0.483. The molecular formula is C21H21F2N3. The molecule has 1 aliphatic rings. The molecule has 2 heterocycles. The van der Waals surface area contributed by atoms with Gasteiger partial charge in [0.15, 0.2) is 0 Å². The molecule has 26 heavy (non-hydrogen) atoms. The lowest BCUT2D eigenvalue weighted by Gasteiger charge is -2.25. The molecule has 0 N–H and O–H groups in total. The van der Waals surface area contributed by atoms with E-state index in [-0.39, 0.29) is 10.9 Å². The van der Waals surface area contributed by atoms with Crippen LogP contribution in [0.1, 0.15) is 12.0 Å².